The van der Waals surface area contributed by atoms with Gasteiger partial charge >= 0.3 is 0 Å². The van der Waals surface area contributed by atoms with Crippen molar-refractivity contribution in [3.8, 4) is 28.0 Å². The Labute approximate surface area is 163 Å². The van der Waals surface area contributed by atoms with E-state index in [0.29, 0.717) is 10.0 Å². The summed E-state index contributed by atoms with van der Waals surface area (Å²) in [7, 11) is 1.70. The molecule has 4 rings (SSSR count). The molecule has 2 nitrogen and oxygen atoms in total. The number of benzene rings is 3. The van der Waals surface area contributed by atoms with Crippen LogP contribution in [0.1, 0.15) is 12.0 Å². The van der Waals surface area contributed by atoms with Gasteiger partial charge in [0.15, 0.2) is 0 Å². The molecule has 3 aromatic rings. The number of hydrogen-bond donors (Lipinski definition) is 0. The summed E-state index contributed by atoms with van der Waals surface area (Å²) in [5.41, 5.74) is 6.36. The number of hydrogen-bond acceptors (Lipinski definition) is 2. The van der Waals surface area contributed by atoms with Crippen LogP contribution in [0.4, 0.5) is 5.69 Å². The summed E-state index contributed by atoms with van der Waals surface area (Å²) >= 11 is 12.2. The van der Waals surface area contributed by atoms with E-state index in [-0.39, 0.29) is 0 Å². The Hall–Kier alpha value is -2.29. The molecular weight excluding hydrogens is 365 g/mol. The second-order valence-corrected chi connectivity index (χ2v) is 7.08. The Balaban J connectivity index is 2.02. The first-order chi connectivity index (χ1) is 12.7. The Bertz CT molecular complexity index is 977. The van der Waals surface area contributed by atoms with Gasteiger partial charge < -0.3 is 4.74 Å². The van der Waals surface area contributed by atoms with Crippen LogP contribution in [0.3, 0.4) is 0 Å². The molecule has 130 valence electrons. The van der Waals surface area contributed by atoms with Crippen molar-refractivity contribution in [1.29, 1.82) is 0 Å². The highest BCUT2D eigenvalue weighted by atomic mass is 35.5. The van der Waals surface area contributed by atoms with E-state index in [1.807, 2.05) is 54.7 Å². The van der Waals surface area contributed by atoms with Crippen molar-refractivity contribution in [1.82, 2.24) is 0 Å². The van der Waals surface area contributed by atoms with E-state index in [0.717, 1.165) is 46.5 Å². The van der Waals surface area contributed by atoms with Crippen molar-refractivity contribution in [3.63, 3.8) is 0 Å². The molecule has 0 radical (unpaired) electrons. The van der Waals surface area contributed by atoms with E-state index in [1.165, 1.54) is 5.56 Å². The minimum absolute atomic E-state index is 0.707. The molecule has 0 spiro atoms. The van der Waals surface area contributed by atoms with Gasteiger partial charge in [-0.15, -0.1) is 0 Å². The molecule has 0 amide bonds. The molecule has 0 aliphatic carbocycles. The number of aliphatic imine (C=N–C) groups is 1. The third-order valence-corrected chi connectivity index (χ3v) is 5.09. The minimum atomic E-state index is 0.707. The number of aryl methyl sites for hydroxylation is 1. The lowest BCUT2D eigenvalue weighted by Crippen LogP contribution is -2.00. The van der Waals surface area contributed by atoms with Crippen LogP contribution < -0.4 is 4.74 Å². The maximum atomic E-state index is 6.08. The van der Waals surface area contributed by atoms with E-state index in [9.17, 15) is 0 Å². The normalized spacial score (nSPS) is 12.7. The minimum Gasteiger partial charge on any atom is -0.495 e. The van der Waals surface area contributed by atoms with E-state index < -0.39 is 0 Å². The standard InChI is InChI=1S/C22H17Cl2NO/c1-26-22-19(14-4-8-17(23)9-5-14)13-16-3-2-12-25-21(16)20(22)15-6-10-18(24)11-7-15/h4-13H,2-3H2,1H3. The molecule has 0 bridgehead atoms. The van der Waals surface area contributed by atoms with Gasteiger partial charge in [-0.3, -0.25) is 4.99 Å². The van der Waals surface area contributed by atoms with Gasteiger partial charge in [0.25, 0.3) is 0 Å². The first kappa shape index (κ1) is 17.1. The highest BCUT2D eigenvalue weighted by Gasteiger charge is 2.22. The lowest BCUT2D eigenvalue weighted by molar-refractivity contribution is 0.418. The topological polar surface area (TPSA) is 21.6 Å². The molecule has 1 aliphatic rings. The van der Waals surface area contributed by atoms with Gasteiger partial charge in [0.05, 0.1) is 18.4 Å². The second kappa shape index (κ2) is 7.14. The van der Waals surface area contributed by atoms with E-state index in [2.05, 4.69) is 6.07 Å². The first-order valence-corrected chi connectivity index (χ1v) is 9.21. The first-order valence-electron chi connectivity index (χ1n) is 8.45. The molecule has 0 unspecified atom stereocenters. The molecule has 0 fully saturated rings. The molecule has 0 N–H and O–H groups in total. The average molecular weight is 382 g/mol. The maximum Gasteiger partial charge on any atom is 0.136 e. The zero-order chi connectivity index (χ0) is 18.1. The van der Waals surface area contributed by atoms with Gasteiger partial charge in [-0.2, -0.15) is 0 Å². The van der Waals surface area contributed by atoms with Gasteiger partial charge in [0.1, 0.15) is 5.75 Å². The monoisotopic (exact) mass is 381 g/mol. The number of ether oxygens (including phenoxy) is 1. The van der Waals surface area contributed by atoms with Crippen molar-refractivity contribution >= 4 is 35.1 Å². The fourth-order valence-electron chi connectivity index (χ4n) is 3.37. The summed E-state index contributed by atoms with van der Waals surface area (Å²) in [5, 5.41) is 1.42. The lowest BCUT2D eigenvalue weighted by Gasteiger charge is -2.21. The summed E-state index contributed by atoms with van der Waals surface area (Å²) in [4.78, 5) is 4.69. The molecule has 1 heterocycles. The fourth-order valence-corrected chi connectivity index (χ4v) is 3.62. The number of methoxy groups -OCH3 is 1. The van der Waals surface area contributed by atoms with Crippen LogP contribution in [0, 0.1) is 0 Å². The van der Waals surface area contributed by atoms with Crippen LogP contribution in [0.2, 0.25) is 10.0 Å². The van der Waals surface area contributed by atoms with Crippen molar-refractivity contribution < 1.29 is 4.74 Å². The molecule has 26 heavy (non-hydrogen) atoms. The Kier molecular flexibility index (Phi) is 4.71. The van der Waals surface area contributed by atoms with Crippen LogP contribution in [0.5, 0.6) is 5.75 Å². The smallest absolute Gasteiger partial charge is 0.136 e. The molecule has 1 aliphatic heterocycles. The van der Waals surface area contributed by atoms with Gasteiger partial charge in [-0.05, 0) is 59.9 Å². The van der Waals surface area contributed by atoms with Crippen molar-refractivity contribution in [3.05, 3.63) is 70.2 Å². The predicted molar refractivity (Wildman–Crippen MR) is 110 cm³/mol. The quantitative estimate of drug-likeness (QED) is 0.479. The molecule has 3 aromatic carbocycles. The van der Waals surface area contributed by atoms with Crippen molar-refractivity contribution in [2.75, 3.05) is 7.11 Å². The molecular formula is C22H17Cl2NO. The summed E-state index contributed by atoms with van der Waals surface area (Å²) in [6, 6.07) is 17.8. The molecule has 0 saturated heterocycles. The van der Waals surface area contributed by atoms with Gasteiger partial charge in [-0.25, -0.2) is 0 Å². The number of halogens is 2. The van der Waals surface area contributed by atoms with Crippen LogP contribution in [-0.2, 0) is 6.42 Å². The summed E-state index contributed by atoms with van der Waals surface area (Å²) < 4.78 is 5.87. The maximum absolute atomic E-state index is 6.08. The predicted octanol–water partition coefficient (Wildman–Crippen LogP) is 6.98. The van der Waals surface area contributed by atoms with Crippen LogP contribution in [0.25, 0.3) is 22.3 Å². The van der Waals surface area contributed by atoms with Crippen LogP contribution in [0.15, 0.2) is 59.6 Å². The van der Waals surface area contributed by atoms with E-state index in [4.69, 9.17) is 32.9 Å². The molecule has 0 aromatic heterocycles. The number of fused-ring (bicyclic) bond motifs is 1. The van der Waals surface area contributed by atoms with Gasteiger partial charge in [0, 0.05) is 21.8 Å². The van der Waals surface area contributed by atoms with Gasteiger partial charge in [0.2, 0.25) is 0 Å². The molecule has 0 saturated carbocycles. The van der Waals surface area contributed by atoms with Crippen molar-refractivity contribution in [2.45, 2.75) is 12.8 Å². The van der Waals surface area contributed by atoms with Crippen molar-refractivity contribution in [2.24, 2.45) is 4.99 Å². The number of rotatable bonds is 3. The third-order valence-electron chi connectivity index (χ3n) is 4.59. The third kappa shape index (κ3) is 3.11. The van der Waals surface area contributed by atoms with Crippen LogP contribution >= 0.6 is 23.2 Å². The summed E-state index contributed by atoms with van der Waals surface area (Å²) in [6.45, 7) is 0. The van der Waals surface area contributed by atoms with E-state index in [1.54, 1.807) is 7.11 Å². The van der Waals surface area contributed by atoms with E-state index >= 15 is 0 Å². The largest absolute Gasteiger partial charge is 0.495 e. The SMILES string of the molecule is COc1c(-c2ccc(Cl)cc2)cc2c(c1-c1ccc(Cl)cc1)N=CCC2. The van der Waals surface area contributed by atoms with Gasteiger partial charge in [-0.1, -0.05) is 47.5 Å². The molecule has 4 heteroatoms. The summed E-state index contributed by atoms with van der Waals surface area (Å²) in [6.07, 6.45) is 3.88. The summed E-state index contributed by atoms with van der Waals surface area (Å²) in [5.74, 6) is 0.812. The highest BCUT2D eigenvalue weighted by Crippen LogP contribution is 2.48. The Morgan fingerprint density at radius 2 is 1.50 bits per heavy atom. The zero-order valence-electron chi connectivity index (χ0n) is 14.3. The average Bonchev–Trinajstić information content (AvgIpc) is 2.68. The highest BCUT2D eigenvalue weighted by molar-refractivity contribution is 6.31. The molecule has 0 atom stereocenters. The van der Waals surface area contributed by atoms with Crippen LogP contribution in [-0.4, -0.2) is 13.3 Å². The Morgan fingerprint density at radius 3 is 2.12 bits per heavy atom. The number of nitrogens with zero attached hydrogens (tertiary/aromatic N) is 1. The fraction of sp³-hybridized carbons (Fsp3) is 0.136. The lowest BCUT2D eigenvalue weighted by atomic mass is 9.90. The second-order valence-electron chi connectivity index (χ2n) is 6.20. The Morgan fingerprint density at radius 1 is 0.885 bits per heavy atom. The zero-order valence-corrected chi connectivity index (χ0v) is 15.8.